The number of rotatable bonds is 2. The van der Waals surface area contributed by atoms with E-state index in [1.54, 1.807) is 0 Å². The van der Waals surface area contributed by atoms with Crippen molar-refractivity contribution >= 4 is 23.2 Å². The molecule has 2 saturated heterocycles. The van der Waals surface area contributed by atoms with Gasteiger partial charge >= 0.3 is 0 Å². The van der Waals surface area contributed by atoms with E-state index in [1.165, 1.54) is 0 Å². The molecule has 4 unspecified atom stereocenters. The predicted molar refractivity (Wildman–Crippen MR) is 94.3 cm³/mol. The highest BCUT2D eigenvalue weighted by atomic mass is 35.5. The van der Waals surface area contributed by atoms with Gasteiger partial charge in [-0.15, -0.1) is 0 Å². The third kappa shape index (κ3) is 3.25. The molecule has 6 heteroatoms. The van der Waals surface area contributed by atoms with E-state index in [9.17, 15) is 4.79 Å². The van der Waals surface area contributed by atoms with Crippen molar-refractivity contribution in [3.8, 4) is 0 Å². The van der Waals surface area contributed by atoms with Gasteiger partial charge in [0, 0.05) is 36.4 Å². The van der Waals surface area contributed by atoms with Crippen LogP contribution in [-0.4, -0.2) is 38.3 Å². The first-order valence-corrected chi connectivity index (χ1v) is 9.23. The van der Waals surface area contributed by atoms with E-state index >= 15 is 0 Å². The zero-order chi connectivity index (χ0) is 16.5. The summed E-state index contributed by atoms with van der Waals surface area (Å²) in [4.78, 5) is 12.8. The Balaban J connectivity index is 1.43. The molecular formula is C18H24ClN3O2. The van der Waals surface area contributed by atoms with Crippen molar-refractivity contribution < 1.29 is 9.53 Å². The van der Waals surface area contributed by atoms with Gasteiger partial charge in [0.25, 0.3) is 0 Å². The molecule has 3 N–H and O–H groups in total. The Labute approximate surface area is 147 Å². The Kier molecular flexibility index (Phi) is 4.66. The summed E-state index contributed by atoms with van der Waals surface area (Å²) in [5.74, 6) is 0.618. The van der Waals surface area contributed by atoms with E-state index < -0.39 is 0 Å². The number of piperidine rings is 1. The third-order valence-electron chi connectivity index (χ3n) is 5.51. The molecule has 4 atom stereocenters. The van der Waals surface area contributed by atoms with Gasteiger partial charge in [-0.05, 0) is 48.9 Å². The molecule has 5 nitrogen and oxygen atoms in total. The molecule has 3 aliphatic heterocycles. The van der Waals surface area contributed by atoms with Crippen LogP contribution in [0.3, 0.4) is 0 Å². The second kappa shape index (κ2) is 6.90. The molecule has 0 bridgehead atoms. The number of carbonyl (C=O) groups is 1. The van der Waals surface area contributed by atoms with Crippen LogP contribution in [0, 0.1) is 11.8 Å². The summed E-state index contributed by atoms with van der Waals surface area (Å²) in [6.45, 7) is 3.23. The first kappa shape index (κ1) is 16.2. The van der Waals surface area contributed by atoms with E-state index in [-0.39, 0.29) is 17.9 Å². The highest BCUT2D eigenvalue weighted by Gasteiger charge is 2.36. The van der Waals surface area contributed by atoms with Crippen LogP contribution in [0.1, 0.15) is 30.9 Å². The fourth-order valence-corrected chi connectivity index (χ4v) is 4.35. The summed E-state index contributed by atoms with van der Waals surface area (Å²) in [5.41, 5.74) is 2.16. The highest BCUT2D eigenvalue weighted by molar-refractivity contribution is 6.30. The van der Waals surface area contributed by atoms with Crippen LogP contribution in [0.25, 0.3) is 0 Å². The van der Waals surface area contributed by atoms with Crippen molar-refractivity contribution in [2.24, 2.45) is 11.8 Å². The lowest BCUT2D eigenvalue weighted by atomic mass is 9.82. The van der Waals surface area contributed by atoms with Crippen LogP contribution in [0.2, 0.25) is 5.02 Å². The minimum Gasteiger partial charge on any atom is -0.385 e. The van der Waals surface area contributed by atoms with Crippen molar-refractivity contribution in [2.45, 2.75) is 31.3 Å². The molecule has 3 heterocycles. The number of ether oxygens (including phenoxy) is 1. The summed E-state index contributed by atoms with van der Waals surface area (Å²) in [7, 11) is 0. The molecule has 2 fully saturated rings. The van der Waals surface area contributed by atoms with Gasteiger partial charge in [-0.3, -0.25) is 4.79 Å². The third-order valence-corrected chi connectivity index (χ3v) is 5.75. The van der Waals surface area contributed by atoms with Gasteiger partial charge in [-0.1, -0.05) is 11.6 Å². The van der Waals surface area contributed by atoms with Crippen molar-refractivity contribution in [2.75, 3.05) is 31.6 Å². The van der Waals surface area contributed by atoms with Gasteiger partial charge in [-0.25, -0.2) is 0 Å². The van der Waals surface area contributed by atoms with Crippen molar-refractivity contribution in [3.63, 3.8) is 0 Å². The van der Waals surface area contributed by atoms with E-state index in [4.69, 9.17) is 16.3 Å². The molecule has 0 saturated carbocycles. The Hall–Kier alpha value is -1.30. The van der Waals surface area contributed by atoms with Crippen LogP contribution in [0.5, 0.6) is 0 Å². The minimum absolute atomic E-state index is 0.0190. The van der Waals surface area contributed by atoms with Gasteiger partial charge in [0.15, 0.2) is 0 Å². The molecule has 24 heavy (non-hydrogen) atoms. The summed E-state index contributed by atoms with van der Waals surface area (Å²) in [5, 5.41) is 10.9. The second-order valence-corrected chi connectivity index (χ2v) is 7.52. The lowest BCUT2D eigenvalue weighted by Crippen LogP contribution is -2.53. The molecule has 0 aromatic heterocycles. The molecule has 4 rings (SSSR count). The number of nitrogens with one attached hydrogen (secondary N) is 3. The van der Waals surface area contributed by atoms with Crippen LogP contribution < -0.4 is 16.0 Å². The zero-order valence-electron chi connectivity index (χ0n) is 13.7. The van der Waals surface area contributed by atoms with Crippen LogP contribution in [0.15, 0.2) is 18.2 Å². The van der Waals surface area contributed by atoms with E-state index in [1.807, 2.05) is 18.2 Å². The number of anilines is 1. The summed E-state index contributed by atoms with van der Waals surface area (Å²) >= 11 is 6.14. The SMILES string of the molecule is O=C(NC1CCNc2ccc(Cl)cc21)C1CNC2CCOCC2C1. The maximum Gasteiger partial charge on any atom is 0.224 e. The molecule has 1 aromatic rings. The monoisotopic (exact) mass is 349 g/mol. The fraction of sp³-hybridized carbons (Fsp3) is 0.611. The molecule has 0 aliphatic carbocycles. The van der Waals surface area contributed by atoms with Crippen LogP contribution >= 0.6 is 11.6 Å². The number of halogens is 1. The smallest absolute Gasteiger partial charge is 0.224 e. The maximum atomic E-state index is 12.8. The van der Waals surface area contributed by atoms with E-state index in [0.29, 0.717) is 17.0 Å². The van der Waals surface area contributed by atoms with Gasteiger partial charge in [-0.2, -0.15) is 0 Å². The Morgan fingerprint density at radius 3 is 3.17 bits per heavy atom. The van der Waals surface area contributed by atoms with Gasteiger partial charge in [0.2, 0.25) is 5.91 Å². The standard InChI is InChI=1S/C18H24ClN3O2/c19-13-1-2-16-14(8-13)17(3-5-20-16)22-18(23)11-7-12-10-24-6-4-15(12)21-9-11/h1-2,8,11-12,15,17,20-21H,3-7,9-10H2,(H,22,23). The largest absolute Gasteiger partial charge is 0.385 e. The number of hydrogen-bond donors (Lipinski definition) is 3. The minimum atomic E-state index is 0.0190. The van der Waals surface area contributed by atoms with Gasteiger partial charge in [0.05, 0.1) is 18.6 Å². The predicted octanol–water partition coefficient (Wildman–Crippen LogP) is 2.33. The quantitative estimate of drug-likeness (QED) is 0.767. The van der Waals surface area contributed by atoms with Crippen molar-refractivity contribution in [1.82, 2.24) is 10.6 Å². The number of amides is 1. The molecule has 3 aliphatic rings. The van der Waals surface area contributed by atoms with Crippen molar-refractivity contribution in [3.05, 3.63) is 28.8 Å². The van der Waals surface area contributed by atoms with Crippen LogP contribution in [0.4, 0.5) is 5.69 Å². The molecule has 1 amide bonds. The lowest BCUT2D eigenvalue weighted by Gasteiger charge is -2.40. The average Bonchev–Trinajstić information content (AvgIpc) is 2.62. The van der Waals surface area contributed by atoms with Crippen molar-refractivity contribution in [1.29, 1.82) is 0 Å². The van der Waals surface area contributed by atoms with Gasteiger partial charge < -0.3 is 20.7 Å². The topological polar surface area (TPSA) is 62.4 Å². The number of hydrogen-bond acceptors (Lipinski definition) is 4. The normalized spacial score (nSPS) is 32.2. The molecule has 0 radical (unpaired) electrons. The van der Waals surface area contributed by atoms with Crippen LogP contribution in [-0.2, 0) is 9.53 Å². The lowest BCUT2D eigenvalue weighted by molar-refractivity contribution is -0.128. The summed E-state index contributed by atoms with van der Waals surface area (Å²) < 4.78 is 5.58. The molecule has 1 aromatic carbocycles. The number of benzene rings is 1. The average molecular weight is 350 g/mol. The van der Waals surface area contributed by atoms with E-state index in [0.717, 1.165) is 56.8 Å². The Bertz CT molecular complexity index is 624. The molecule has 130 valence electrons. The maximum absolute atomic E-state index is 12.8. The molecular weight excluding hydrogens is 326 g/mol. The molecule has 0 spiro atoms. The summed E-state index contributed by atoms with van der Waals surface area (Å²) in [6, 6.07) is 6.38. The number of fused-ring (bicyclic) bond motifs is 2. The zero-order valence-corrected chi connectivity index (χ0v) is 14.4. The van der Waals surface area contributed by atoms with E-state index in [2.05, 4.69) is 16.0 Å². The number of carbonyl (C=O) groups excluding carboxylic acids is 1. The van der Waals surface area contributed by atoms with Gasteiger partial charge in [0.1, 0.15) is 0 Å². The Morgan fingerprint density at radius 2 is 2.25 bits per heavy atom. The second-order valence-electron chi connectivity index (χ2n) is 7.08. The first-order valence-electron chi connectivity index (χ1n) is 8.85. The summed E-state index contributed by atoms with van der Waals surface area (Å²) in [6.07, 6.45) is 2.85. The Morgan fingerprint density at radius 1 is 1.33 bits per heavy atom. The highest BCUT2D eigenvalue weighted by Crippen LogP contribution is 2.33. The fourth-order valence-electron chi connectivity index (χ4n) is 4.17. The first-order chi connectivity index (χ1) is 11.7.